The summed E-state index contributed by atoms with van der Waals surface area (Å²) in [6.45, 7) is 4.97. The standard InChI is InChI=1S/C8H13NO3.C5H13NO2.C5H8O3/c1-4-12-8(11)7(10)5-6-9(2)3;1-6(2)5(7-3)8-4;1-3-8-5(7)4(2)6/h5-6H,4H2,1-3H3;5H,1-4H3;3H2,1-2H3/b6-5+;;. The molecule has 10 heteroatoms. The summed E-state index contributed by atoms with van der Waals surface area (Å²) in [7, 11) is 10.5. The van der Waals surface area contributed by atoms with Crippen LogP contribution in [0.4, 0.5) is 0 Å². The van der Waals surface area contributed by atoms with Gasteiger partial charge in [-0.1, -0.05) is 0 Å². The molecule has 0 radical (unpaired) electrons. The van der Waals surface area contributed by atoms with Gasteiger partial charge in [-0.15, -0.1) is 0 Å². The number of carbonyl (C=O) groups is 4. The summed E-state index contributed by atoms with van der Waals surface area (Å²) in [5.41, 5.74) is 0. The first-order valence-electron chi connectivity index (χ1n) is 8.43. The van der Waals surface area contributed by atoms with Crippen molar-refractivity contribution in [1.29, 1.82) is 0 Å². The summed E-state index contributed by atoms with van der Waals surface area (Å²) in [6.07, 6.45) is 2.46. The first kappa shape index (κ1) is 30.4. The lowest BCUT2D eigenvalue weighted by Crippen LogP contribution is -2.30. The Morgan fingerprint density at radius 1 is 0.857 bits per heavy atom. The summed E-state index contributed by atoms with van der Waals surface area (Å²) in [5, 5.41) is 0. The van der Waals surface area contributed by atoms with Crippen LogP contribution in [0.25, 0.3) is 0 Å². The van der Waals surface area contributed by atoms with E-state index in [1.807, 2.05) is 19.0 Å². The van der Waals surface area contributed by atoms with Crippen molar-refractivity contribution in [3.05, 3.63) is 12.3 Å². The average Bonchev–Trinajstić information content (AvgIpc) is 2.61. The van der Waals surface area contributed by atoms with Crippen LogP contribution < -0.4 is 0 Å². The molecule has 0 saturated carbocycles. The fourth-order valence-corrected chi connectivity index (χ4v) is 1.24. The second-order valence-corrected chi connectivity index (χ2v) is 5.38. The Morgan fingerprint density at radius 3 is 1.50 bits per heavy atom. The smallest absolute Gasteiger partial charge is 0.379 e. The van der Waals surface area contributed by atoms with Crippen molar-refractivity contribution >= 4 is 23.5 Å². The summed E-state index contributed by atoms with van der Waals surface area (Å²) in [5.74, 6) is -2.75. The lowest BCUT2D eigenvalue weighted by molar-refractivity contribution is -0.179. The van der Waals surface area contributed by atoms with Gasteiger partial charge in [0.2, 0.25) is 12.2 Å². The monoisotopic (exact) mass is 406 g/mol. The second kappa shape index (κ2) is 19.5. The molecule has 0 spiro atoms. The summed E-state index contributed by atoms with van der Waals surface area (Å²) >= 11 is 0. The fraction of sp³-hybridized carbons (Fsp3) is 0.667. The van der Waals surface area contributed by atoms with Crippen LogP contribution in [0.5, 0.6) is 0 Å². The highest BCUT2D eigenvalue weighted by Crippen LogP contribution is 1.91. The first-order valence-corrected chi connectivity index (χ1v) is 8.43. The minimum Gasteiger partial charge on any atom is -0.460 e. The molecule has 0 atom stereocenters. The zero-order chi connectivity index (χ0) is 22.7. The molecular weight excluding hydrogens is 372 g/mol. The van der Waals surface area contributed by atoms with E-state index in [-0.39, 0.29) is 19.6 Å². The van der Waals surface area contributed by atoms with E-state index in [1.54, 1.807) is 47.1 Å². The van der Waals surface area contributed by atoms with E-state index in [0.717, 1.165) is 0 Å². The van der Waals surface area contributed by atoms with Gasteiger partial charge in [0, 0.05) is 47.5 Å². The van der Waals surface area contributed by atoms with E-state index in [0.29, 0.717) is 0 Å². The Hall–Kier alpha value is -2.30. The van der Waals surface area contributed by atoms with Gasteiger partial charge < -0.3 is 23.8 Å². The molecule has 28 heavy (non-hydrogen) atoms. The Kier molecular flexibility index (Phi) is 21.1. The van der Waals surface area contributed by atoms with Crippen molar-refractivity contribution in [1.82, 2.24) is 9.80 Å². The Morgan fingerprint density at radius 2 is 1.29 bits per heavy atom. The van der Waals surface area contributed by atoms with E-state index >= 15 is 0 Å². The third-order valence-corrected chi connectivity index (χ3v) is 2.39. The topological polar surface area (TPSA) is 112 Å². The van der Waals surface area contributed by atoms with Crippen molar-refractivity contribution in [3.8, 4) is 0 Å². The lowest BCUT2D eigenvalue weighted by atomic mass is 10.4. The number of hydrogen-bond donors (Lipinski definition) is 0. The molecule has 0 N–H and O–H groups in total. The molecule has 0 heterocycles. The van der Waals surface area contributed by atoms with Gasteiger partial charge in [0.15, 0.2) is 0 Å². The van der Waals surface area contributed by atoms with Crippen LogP contribution >= 0.6 is 0 Å². The Labute approximate surface area is 167 Å². The van der Waals surface area contributed by atoms with Gasteiger partial charge in [0.05, 0.1) is 13.2 Å². The van der Waals surface area contributed by atoms with Crippen LogP contribution in [0.3, 0.4) is 0 Å². The average molecular weight is 406 g/mol. The second-order valence-electron chi connectivity index (χ2n) is 5.38. The van der Waals surface area contributed by atoms with Crippen molar-refractivity contribution in [3.63, 3.8) is 0 Å². The number of methoxy groups -OCH3 is 2. The normalized spacial score (nSPS) is 9.82. The van der Waals surface area contributed by atoms with Crippen molar-refractivity contribution < 1.29 is 38.1 Å². The van der Waals surface area contributed by atoms with Gasteiger partial charge >= 0.3 is 11.9 Å². The summed E-state index contributed by atoms with van der Waals surface area (Å²) in [4.78, 5) is 45.3. The molecule has 0 rings (SSSR count). The highest BCUT2D eigenvalue weighted by atomic mass is 16.7. The highest BCUT2D eigenvalue weighted by Gasteiger charge is 2.10. The first-order chi connectivity index (χ1) is 13.0. The maximum Gasteiger partial charge on any atom is 0.379 e. The van der Waals surface area contributed by atoms with Crippen LogP contribution in [0.2, 0.25) is 0 Å². The Bertz CT molecular complexity index is 486. The molecule has 0 amide bonds. The van der Waals surface area contributed by atoms with Crippen molar-refractivity contribution in [2.75, 3.05) is 55.6 Å². The minimum atomic E-state index is -0.810. The van der Waals surface area contributed by atoms with Crippen LogP contribution in [0, 0.1) is 0 Å². The molecule has 0 aromatic heterocycles. The van der Waals surface area contributed by atoms with E-state index < -0.39 is 23.5 Å². The van der Waals surface area contributed by atoms with Gasteiger partial charge in [0.25, 0.3) is 5.78 Å². The Balaban J connectivity index is -0.000000347. The van der Waals surface area contributed by atoms with Crippen molar-refractivity contribution in [2.45, 2.75) is 27.2 Å². The molecular formula is C18H34N2O8. The number of hydrogen-bond acceptors (Lipinski definition) is 10. The molecule has 0 aromatic carbocycles. The molecule has 0 saturated heterocycles. The largest absolute Gasteiger partial charge is 0.460 e. The predicted octanol–water partition coefficient (Wildman–Crippen LogP) is 0.457. The van der Waals surface area contributed by atoms with Gasteiger partial charge in [-0.3, -0.25) is 14.5 Å². The maximum absolute atomic E-state index is 10.8. The minimum absolute atomic E-state index is 0.213. The molecule has 0 fully saturated rings. The summed E-state index contributed by atoms with van der Waals surface area (Å²) < 4.78 is 18.5. The third kappa shape index (κ3) is 20.0. The number of rotatable bonds is 9. The number of carbonyl (C=O) groups excluding carboxylic acids is 4. The zero-order valence-corrected chi connectivity index (χ0v) is 18.3. The molecule has 0 unspecified atom stereocenters. The van der Waals surface area contributed by atoms with E-state index in [2.05, 4.69) is 9.47 Å². The van der Waals surface area contributed by atoms with E-state index in [1.165, 1.54) is 19.2 Å². The molecule has 0 aliphatic heterocycles. The third-order valence-electron chi connectivity index (χ3n) is 2.39. The van der Waals surface area contributed by atoms with Crippen LogP contribution in [-0.2, 0) is 38.1 Å². The molecule has 0 aliphatic carbocycles. The quantitative estimate of drug-likeness (QED) is 0.232. The molecule has 0 bridgehead atoms. The number of ether oxygens (including phenoxy) is 4. The SMILES string of the molecule is CCOC(=O)C(=O)/C=C/N(C)C.CCOC(=O)C(C)=O.COC(OC)N(C)C. The fourth-order valence-electron chi connectivity index (χ4n) is 1.24. The van der Waals surface area contributed by atoms with E-state index in [9.17, 15) is 19.2 Å². The number of ketones is 2. The molecule has 10 nitrogen and oxygen atoms in total. The van der Waals surface area contributed by atoms with Gasteiger partial charge in [-0.05, 0) is 27.9 Å². The van der Waals surface area contributed by atoms with Gasteiger partial charge in [-0.25, -0.2) is 9.59 Å². The van der Waals surface area contributed by atoms with Gasteiger partial charge in [-0.2, -0.15) is 0 Å². The highest BCUT2D eigenvalue weighted by molar-refractivity contribution is 6.38. The maximum atomic E-state index is 10.8. The number of nitrogens with zero attached hydrogens (tertiary/aromatic N) is 2. The number of esters is 2. The lowest BCUT2D eigenvalue weighted by Gasteiger charge is -2.19. The number of Topliss-reactive ketones (excluding diaryl/α,β-unsaturated/α-hetero) is 1. The van der Waals surface area contributed by atoms with Crippen LogP contribution in [0.15, 0.2) is 12.3 Å². The van der Waals surface area contributed by atoms with Gasteiger partial charge in [0.1, 0.15) is 0 Å². The predicted molar refractivity (Wildman–Crippen MR) is 103 cm³/mol. The molecule has 0 aliphatic rings. The molecule has 164 valence electrons. The zero-order valence-electron chi connectivity index (χ0n) is 18.3. The van der Waals surface area contributed by atoms with Crippen molar-refractivity contribution in [2.24, 2.45) is 0 Å². The van der Waals surface area contributed by atoms with Crippen LogP contribution in [0.1, 0.15) is 20.8 Å². The summed E-state index contributed by atoms with van der Waals surface area (Å²) in [6, 6.07) is 0. The molecule has 0 aromatic rings. The van der Waals surface area contributed by atoms with E-state index in [4.69, 9.17) is 9.47 Å². The van der Waals surface area contributed by atoms with Crippen LogP contribution in [-0.4, -0.2) is 95.3 Å².